The monoisotopic (exact) mass is 291 g/mol. The van der Waals surface area contributed by atoms with Crippen LogP contribution in [0.2, 0.25) is 0 Å². The van der Waals surface area contributed by atoms with Crippen LogP contribution in [0.5, 0.6) is 11.5 Å². The van der Waals surface area contributed by atoms with Crippen molar-refractivity contribution < 1.29 is 19.1 Å². The van der Waals surface area contributed by atoms with Gasteiger partial charge in [0.05, 0.1) is 12.7 Å². The van der Waals surface area contributed by atoms with Gasteiger partial charge >= 0.3 is 0 Å². The fourth-order valence-electron chi connectivity index (χ4n) is 2.41. The molecule has 0 aliphatic carbocycles. The highest BCUT2D eigenvalue weighted by atomic mass is 16.5. The van der Waals surface area contributed by atoms with Gasteiger partial charge in [0.15, 0.2) is 12.4 Å². The van der Waals surface area contributed by atoms with Crippen molar-refractivity contribution in [2.45, 2.75) is 26.2 Å². The summed E-state index contributed by atoms with van der Waals surface area (Å²) in [6, 6.07) is 5.01. The number of carbonyl (C=O) groups is 2. The zero-order valence-electron chi connectivity index (χ0n) is 12.6. The number of methoxy groups -OCH3 is 1. The maximum absolute atomic E-state index is 12.1. The fraction of sp³-hybridized carbons (Fsp3) is 0.500. The van der Waals surface area contributed by atoms with Crippen LogP contribution >= 0.6 is 0 Å². The number of rotatable bonds is 5. The van der Waals surface area contributed by atoms with Crippen molar-refractivity contribution in [2.24, 2.45) is 0 Å². The summed E-state index contributed by atoms with van der Waals surface area (Å²) in [7, 11) is 1.54. The molecule has 0 saturated carbocycles. The molecule has 1 aromatic rings. The van der Waals surface area contributed by atoms with Crippen LogP contribution in [0.1, 0.15) is 36.5 Å². The minimum absolute atomic E-state index is 0.0278. The molecule has 0 unspecified atom stereocenters. The van der Waals surface area contributed by atoms with Crippen molar-refractivity contribution in [1.82, 2.24) is 4.90 Å². The van der Waals surface area contributed by atoms with Crippen molar-refractivity contribution in [3.63, 3.8) is 0 Å². The van der Waals surface area contributed by atoms with Gasteiger partial charge in [-0.15, -0.1) is 0 Å². The summed E-state index contributed by atoms with van der Waals surface area (Å²) in [4.78, 5) is 25.5. The van der Waals surface area contributed by atoms with Crippen molar-refractivity contribution in [3.8, 4) is 11.5 Å². The third-order valence-electron chi connectivity index (χ3n) is 3.63. The minimum Gasteiger partial charge on any atom is -0.497 e. The molecule has 0 spiro atoms. The molecule has 0 bridgehead atoms. The van der Waals surface area contributed by atoms with E-state index in [2.05, 4.69) is 0 Å². The molecule has 114 valence electrons. The van der Waals surface area contributed by atoms with Crippen LogP contribution in [0.15, 0.2) is 18.2 Å². The normalized spacial score (nSPS) is 14.7. The lowest BCUT2D eigenvalue weighted by atomic mass is 10.1. The SMILES string of the molecule is COc1ccc(OCC(=O)N2CCCCC2)c(C(C)=O)c1. The van der Waals surface area contributed by atoms with Crippen LogP contribution in [0.25, 0.3) is 0 Å². The second-order valence-electron chi connectivity index (χ2n) is 5.15. The van der Waals surface area contributed by atoms with Gasteiger partial charge in [-0.3, -0.25) is 9.59 Å². The Morgan fingerprint density at radius 3 is 2.52 bits per heavy atom. The number of ketones is 1. The van der Waals surface area contributed by atoms with Crippen molar-refractivity contribution in [2.75, 3.05) is 26.8 Å². The summed E-state index contributed by atoms with van der Waals surface area (Å²) in [6.45, 7) is 3.02. The predicted molar refractivity (Wildman–Crippen MR) is 78.9 cm³/mol. The van der Waals surface area contributed by atoms with E-state index in [9.17, 15) is 9.59 Å². The van der Waals surface area contributed by atoms with E-state index in [0.29, 0.717) is 17.1 Å². The number of likely N-dealkylation sites (tertiary alicyclic amines) is 1. The van der Waals surface area contributed by atoms with Gasteiger partial charge in [-0.1, -0.05) is 0 Å². The highest BCUT2D eigenvalue weighted by Crippen LogP contribution is 2.24. The van der Waals surface area contributed by atoms with Gasteiger partial charge in [0.1, 0.15) is 11.5 Å². The Morgan fingerprint density at radius 1 is 1.19 bits per heavy atom. The minimum atomic E-state index is -0.116. The summed E-state index contributed by atoms with van der Waals surface area (Å²) in [5, 5.41) is 0. The van der Waals surface area contributed by atoms with E-state index in [1.807, 2.05) is 4.90 Å². The Morgan fingerprint density at radius 2 is 1.90 bits per heavy atom. The molecule has 5 heteroatoms. The summed E-state index contributed by atoms with van der Waals surface area (Å²) in [5.41, 5.74) is 0.431. The lowest BCUT2D eigenvalue weighted by Crippen LogP contribution is -2.38. The first-order valence-corrected chi connectivity index (χ1v) is 7.21. The van der Waals surface area contributed by atoms with Crippen LogP contribution < -0.4 is 9.47 Å². The highest BCUT2D eigenvalue weighted by Gasteiger charge is 2.18. The van der Waals surface area contributed by atoms with Crippen LogP contribution in [0.3, 0.4) is 0 Å². The van der Waals surface area contributed by atoms with Gasteiger partial charge in [0.2, 0.25) is 0 Å². The van der Waals surface area contributed by atoms with Gasteiger partial charge in [0.25, 0.3) is 5.91 Å². The zero-order chi connectivity index (χ0) is 15.2. The quantitative estimate of drug-likeness (QED) is 0.781. The highest BCUT2D eigenvalue weighted by molar-refractivity contribution is 5.97. The second-order valence-corrected chi connectivity index (χ2v) is 5.15. The molecule has 1 amide bonds. The lowest BCUT2D eigenvalue weighted by molar-refractivity contribution is -0.134. The van der Waals surface area contributed by atoms with Gasteiger partial charge in [-0.05, 0) is 44.4 Å². The van der Waals surface area contributed by atoms with Crippen LogP contribution in [-0.4, -0.2) is 43.4 Å². The number of hydrogen-bond donors (Lipinski definition) is 0. The number of piperidine rings is 1. The van der Waals surface area contributed by atoms with Crippen molar-refractivity contribution >= 4 is 11.7 Å². The summed E-state index contributed by atoms with van der Waals surface area (Å²) < 4.78 is 10.6. The van der Waals surface area contributed by atoms with Crippen molar-refractivity contribution in [3.05, 3.63) is 23.8 Å². The van der Waals surface area contributed by atoms with Gasteiger partial charge in [-0.2, -0.15) is 0 Å². The Balaban J connectivity index is 2.02. The first-order valence-electron chi connectivity index (χ1n) is 7.21. The molecular weight excluding hydrogens is 270 g/mol. The summed E-state index contributed by atoms with van der Waals surface area (Å²) in [6.07, 6.45) is 3.28. The molecular formula is C16H21NO4. The summed E-state index contributed by atoms with van der Waals surface area (Å²) in [5.74, 6) is 0.873. The topological polar surface area (TPSA) is 55.8 Å². The molecule has 21 heavy (non-hydrogen) atoms. The maximum atomic E-state index is 12.1. The van der Waals surface area contributed by atoms with E-state index in [0.717, 1.165) is 25.9 Å². The van der Waals surface area contributed by atoms with E-state index < -0.39 is 0 Å². The average molecular weight is 291 g/mol. The third-order valence-corrected chi connectivity index (χ3v) is 3.63. The van der Waals surface area contributed by atoms with E-state index in [1.165, 1.54) is 13.3 Å². The zero-order valence-corrected chi connectivity index (χ0v) is 12.6. The third kappa shape index (κ3) is 3.97. The molecule has 1 saturated heterocycles. The molecule has 1 aliphatic rings. The lowest BCUT2D eigenvalue weighted by Gasteiger charge is -2.26. The number of ether oxygens (including phenoxy) is 2. The number of carbonyl (C=O) groups excluding carboxylic acids is 2. The largest absolute Gasteiger partial charge is 0.497 e. The Kier molecular flexibility index (Phi) is 5.20. The van der Waals surface area contributed by atoms with E-state index in [1.54, 1.807) is 25.3 Å². The molecule has 1 heterocycles. The molecule has 0 aromatic heterocycles. The maximum Gasteiger partial charge on any atom is 0.260 e. The van der Waals surface area contributed by atoms with E-state index in [-0.39, 0.29) is 18.3 Å². The predicted octanol–water partition coefficient (Wildman–Crippen LogP) is 2.29. The Hall–Kier alpha value is -2.04. The van der Waals surface area contributed by atoms with Crippen LogP contribution in [0.4, 0.5) is 0 Å². The Bertz CT molecular complexity index is 521. The van der Waals surface area contributed by atoms with Gasteiger partial charge < -0.3 is 14.4 Å². The van der Waals surface area contributed by atoms with E-state index >= 15 is 0 Å². The molecule has 1 aliphatic heterocycles. The van der Waals surface area contributed by atoms with Crippen LogP contribution in [-0.2, 0) is 4.79 Å². The molecule has 5 nitrogen and oxygen atoms in total. The molecule has 0 atom stereocenters. The van der Waals surface area contributed by atoms with Gasteiger partial charge in [-0.25, -0.2) is 0 Å². The molecule has 1 fully saturated rings. The smallest absolute Gasteiger partial charge is 0.260 e. The fourth-order valence-corrected chi connectivity index (χ4v) is 2.41. The molecule has 0 radical (unpaired) electrons. The molecule has 1 aromatic carbocycles. The first kappa shape index (κ1) is 15.4. The first-order chi connectivity index (χ1) is 10.1. The number of nitrogens with zero attached hydrogens (tertiary/aromatic N) is 1. The second kappa shape index (κ2) is 7.11. The van der Waals surface area contributed by atoms with Crippen LogP contribution in [0, 0.1) is 0 Å². The standard InChI is InChI=1S/C16H21NO4/c1-12(18)14-10-13(20-2)6-7-15(14)21-11-16(19)17-8-4-3-5-9-17/h6-7,10H,3-5,8-9,11H2,1-2H3. The number of amides is 1. The number of Topliss-reactive ketones (excluding diaryl/α,β-unsaturated/α-hetero) is 1. The summed E-state index contributed by atoms with van der Waals surface area (Å²) >= 11 is 0. The molecule has 0 N–H and O–H groups in total. The number of benzene rings is 1. The van der Waals surface area contributed by atoms with Crippen molar-refractivity contribution in [1.29, 1.82) is 0 Å². The molecule has 2 rings (SSSR count). The Labute approximate surface area is 124 Å². The average Bonchev–Trinajstić information content (AvgIpc) is 2.53. The van der Waals surface area contributed by atoms with E-state index in [4.69, 9.17) is 9.47 Å². The number of hydrogen-bond acceptors (Lipinski definition) is 4. The van der Waals surface area contributed by atoms with Gasteiger partial charge in [0, 0.05) is 13.1 Å².